The number of aryl methyl sites for hydroxylation is 2. The maximum Gasteiger partial charge on any atom is 0.271 e. The zero-order valence-corrected chi connectivity index (χ0v) is 13.7. The van der Waals surface area contributed by atoms with Crippen molar-refractivity contribution in [3.05, 3.63) is 51.2 Å². The van der Waals surface area contributed by atoms with Crippen molar-refractivity contribution in [2.24, 2.45) is 0 Å². The number of nitrogens with one attached hydrogen (secondary N) is 2. The number of hydrogen-bond acceptors (Lipinski definition) is 4. The summed E-state index contributed by atoms with van der Waals surface area (Å²) >= 11 is 0. The molecular formula is C17H21FN2O3. The van der Waals surface area contributed by atoms with E-state index in [4.69, 9.17) is 9.47 Å². The van der Waals surface area contributed by atoms with E-state index in [2.05, 4.69) is 10.3 Å². The number of aromatic nitrogens is 1. The van der Waals surface area contributed by atoms with Crippen molar-refractivity contribution in [1.82, 2.24) is 4.98 Å². The van der Waals surface area contributed by atoms with Crippen LogP contribution in [-0.2, 0) is 13.0 Å². The van der Waals surface area contributed by atoms with Gasteiger partial charge in [-0.15, -0.1) is 0 Å². The number of anilines is 1. The van der Waals surface area contributed by atoms with Crippen LogP contribution in [0, 0.1) is 12.7 Å². The van der Waals surface area contributed by atoms with E-state index in [1.807, 2.05) is 19.9 Å². The minimum absolute atomic E-state index is 0.195. The van der Waals surface area contributed by atoms with Crippen LogP contribution >= 0.6 is 0 Å². The fraction of sp³-hybridized carbons (Fsp3) is 0.353. The summed E-state index contributed by atoms with van der Waals surface area (Å²) in [5, 5.41) is 3.07. The third-order valence-corrected chi connectivity index (χ3v) is 3.76. The summed E-state index contributed by atoms with van der Waals surface area (Å²) in [5.74, 6) is 0.297. The molecule has 0 atom stereocenters. The van der Waals surface area contributed by atoms with Crippen molar-refractivity contribution in [3.8, 4) is 11.5 Å². The second-order valence-electron chi connectivity index (χ2n) is 5.16. The first-order valence-electron chi connectivity index (χ1n) is 7.37. The van der Waals surface area contributed by atoms with Crippen LogP contribution in [0.25, 0.3) is 0 Å². The Morgan fingerprint density at radius 1 is 1.17 bits per heavy atom. The Bertz CT molecular complexity index is 731. The molecule has 23 heavy (non-hydrogen) atoms. The van der Waals surface area contributed by atoms with Crippen molar-refractivity contribution in [3.63, 3.8) is 0 Å². The first-order chi connectivity index (χ1) is 11.0. The van der Waals surface area contributed by atoms with Gasteiger partial charge in [0.05, 0.1) is 19.8 Å². The van der Waals surface area contributed by atoms with Crippen LogP contribution in [0.3, 0.4) is 0 Å². The zero-order valence-electron chi connectivity index (χ0n) is 13.7. The number of H-pyrrole nitrogens is 1. The van der Waals surface area contributed by atoms with Gasteiger partial charge in [-0.2, -0.15) is 0 Å². The van der Waals surface area contributed by atoms with E-state index in [0.29, 0.717) is 22.7 Å². The quantitative estimate of drug-likeness (QED) is 0.859. The van der Waals surface area contributed by atoms with E-state index in [0.717, 1.165) is 17.7 Å². The van der Waals surface area contributed by atoms with E-state index in [1.165, 1.54) is 26.4 Å². The van der Waals surface area contributed by atoms with Gasteiger partial charge < -0.3 is 19.8 Å². The zero-order chi connectivity index (χ0) is 17.0. The van der Waals surface area contributed by atoms with Crippen molar-refractivity contribution in [2.75, 3.05) is 19.5 Å². The highest BCUT2D eigenvalue weighted by Crippen LogP contribution is 2.30. The SMILES string of the molecule is CCc1cc(NCc2c(OC)cc(F)cc2OC)c(=O)[nH]c1C. The lowest BCUT2D eigenvalue weighted by Crippen LogP contribution is -2.17. The number of hydrogen-bond donors (Lipinski definition) is 2. The molecule has 2 rings (SSSR count). The molecule has 0 aliphatic heterocycles. The van der Waals surface area contributed by atoms with Crippen LogP contribution in [0.5, 0.6) is 11.5 Å². The maximum absolute atomic E-state index is 13.5. The second-order valence-corrected chi connectivity index (χ2v) is 5.16. The van der Waals surface area contributed by atoms with Crippen LogP contribution in [0.1, 0.15) is 23.7 Å². The molecule has 0 radical (unpaired) electrons. The van der Waals surface area contributed by atoms with Crippen molar-refractivity contribution in [2.45, 2.75) is 26.8 Å². The van der Waals surface area contributed by atoms with E-state index >= 15 is 0 Å². The Morgan fingerprint density at radius 3 is 2.30 bits per heavy atom. The normalized spacial score (nSPS) is 10.5. The van der Waals surface area contributed by atoms with Crippen molar-refractivity contribution >= 4 is 5.69 Å². The summed E-state index contributed by atoms with van der Waals surface area (Å²) in [6, 6.07) is 4.41. The smallest absolute Gasteiger partial charge is 0.271 e. The molecule has 0 fully saturated rings. The molecule has 0 spiro atoms. The van der Waals surface area contributed by atoms with Crippen LogP contribution in [0.4, 0.5) is 10.1 Å². The lowest BCUT2D eigenvalue weighted by molar-refractivity contribution is 0.381. The number of rotatable bonds is 6. The number of methoxy groups -OCH3 is 2. The monoisotopic (exact) mass is 320 g/mol. The van der Waals surface area contributed by atoms with Crippen LogP contribution < -0.4 is 20.3 Å². The maximum atomic E-state index is 13.5. The molecule has 2 aromatic rings. The summed E-state index contributed by atoms with van der Waals surface area (Å²) in [4.78, 5) is 14.9. The highest BCUT2D eigenvalue weighted by molar-refractivity contribution is 5.50. The molecule has 0 saturated heterocycles. The van der Waals surface area contributed by atoms with E-state index < -0.39 is 5.82 Å². The summed E-state index contributed by atoms with van der Waals surface area (Å²) < 4.78 is 23.9. The largest absolute Gasteiger partial charge is 0.496 e. The van der Waals surface area contributed by atoms with Gasteiger partial charge in [-0.1, -0.05) is 6.92 Å². The van der Waals surface area contributed by atoms with E-state index in [1.54, 1.807) is 0 Å². The molecule has 0 amide bonds. The number of ether oxygens (including phenoxy) is 2. The summed E-state index contributed by atoms with van der Waals surface area (Å²) in [6.45, 7) is 4.18. The molecule has 1 aromatic carbocycles. The van der Waals surface area contributed by atoms with Gasteiger partial charge in [0.15, 0.2) is 0 Å². The number of benzene rings is 1. The fourth-order valence-corrected chi connectivity index (χ4v) is 2.47. The lowest BCUT2D eigenvalue weighted by atomic mass is 10.1. The summed E-state index contributed by atoms with van der Waals surface area (Å²) in [7, 11) is 2.93. The van der Waals surface area contributed by atoms with Crippen LogP contribution in [-0.4, -0.2) is 19.2 Å². The average Bonchev–Trinajstić information content (AvgIpc) is 2.54. The van der Waals surface area contributed by atoms with Crippen LogP contribution in [0.2, 0.25) is 0 Å². The summed E-state index contributed by atoms with van der Waals surface area (Å²) in [5.41, 5.74) is 2.83. The number of aromatic amines is 1. The second kappa shape index (κ2) is 7.17. The van der Waals surface area contributed by atoms with Gasteiger partial charge in [0.25, 0.3) is 5.56 Å². The minimum atomic E-state index is -0.441. The van der Waals surface area contributed by atoms with Crippen molar-refractivity contribution in [1.29, 1.82) is 0 Å². The standard InChI is InChI=1S/C17H21FN2O3/c1-5-11-6-14(17(21)20-10(11)2)19-9-13-15(22-3)7-12(18)8-16(13)23-4/h6-8,19H,5,9H2,1-4H3,(H,20,21). The lowest BCUT2D eigenvalue weighted by Gasteiger charge is -2.15. The van der Waals surface area contributed by atoms with Gasteiger partial charge in [-0.25, -0.2) is 4.39 Å². The highest BCUT2D eigenvalue weighted by Gasteiger charge is 2.13. The molecule has 1 aromatic heterocycles. The Balaban J connectivity index is 2.33. The molecular weight excluding hydrogens is 299 g/mol. The molecule has 6 heteroatoms. The Morgan fingerprint density at radius 2 is 1.78 bits per heavy atom. The predicted octanol–water partition coefficient (Wildman–Crippen LogP) is 3.01. The molecule has 0 unspecified atom stereocenters. The van der Waals surface area contributed by atoms with Gasteiger partial charge in [0, 0.05) is 24.4 Å². The molecule has 5 nitrogen and oxygen atoms in total. The van der Waals surface area contributed by atoms with Gasteiger partial charge >= 0.3 is 0 Å². The molecule has 1 heterocycles. The van der Waals surface area contributed by atoms with Gasteiger partial charge in [0.2, 0.25) is 0 Å². The Hall–Kier alpha value is -2.50. The minimum Gasteiger partial charge on any atom is -0.496 e. The highest BCUT2D eigenvalue weighted by atomic mass is 19.1. The molecule has 0 aliphatic rings. The van der Waals surface area contributed by atoms with Crippen molar-refractivity contribution < 1.29 is 13.9 Å². The molecule has 2 N–H and O–H groups in total. The molecule has 0 saturated carbocycles. The average molecular weight is 320 g/mol. The molecule has 124 valence electrons. The molecule has 0 bridgehead atoms. The Kier molecular flexibility index (Phi) is 5.26. The summed E-state index contributed by atoms with van der Waals surface area (Å²) in [6.07, 6.45) is 0.820. The Labute approximate surface area is 134 Å². The van der Waals surface area contributed by atoms with Crippen LogP contribution in [0.15, 0.2) is 23.0 Å². The predicted molar refractivity (Wildman–Crippen MR) is 88.0 cm³/mol. The van der Waals surface area contributed by atoms with E-state index in [-0.39, 0.29) is 12.1 Å². The third kappa shape index (κ3) is 3.64. The van der Waals surface area contributed by atoms with Gasteiger partial charge in [0.1, 0.15) is 23.0 Å². The third-order valence-electron chi connectivity index (χ3n) is 3.76. The number of halogens is 1. The van der Waals surface area contributed by atoms with Gasteiger partial charge in [-0.05, 0) is 25.0 Å². The van der Waals surface area contributed by atoms with Gasteiger partial charge in [-0.3, -0.25) is 4.79 Å². The first kappa shape index (κ1) is 16.9. The fourth-order valence-electron chi connectivity index (χ4n) is 2.47. The molecule has 0 aliphatic carbocycles. The first-order valence-corrected chi connectivity index (χ1v) is 7.37. The van der Waals surface area contributed by atoms with E-state index in [9.17, 15) is 9.18 Å². The topological polar surface area (TPSA) is 63.4 Å². The number of pyridine rings is 1.